The molecule has 0 aliphatic carbocycles. The van der Waals surface area contributed by atoms with Crippen LogP contribution in [0.1, 0.15) is 28.4 Å². The van der Waals surface area contributed by atoms with E-state index < -0.39 is 0 Å². The summed E-state index contributed by atoms with van der Waals surface area (Å²) in [5.74, 6) is 0.927. The summed E-state index contributed by atoms with van der Waals surface area (Å²) >= 11 is 1.62. The van der Waals surface area contributed by atoms with E-state index in [0.29, 0.717) is 11.5 Å². The van der Waals surface area contributed by atoms with Gasteiger partial charge in [-0.1, -0.05) is 30.3 Å². The molecule has 7 heteroatoms. The highest BCUT2D eigenvalue weighted by Gasteiger charge is 2.31. The first kappa shape index (κ1) is 23.7. The second-order valence-corrected chi connectivity index (χ2v) is 9.48. The summed E-state index contributed by atoms with van der Waals surface area (Å²) in [6, 6.07) is 19.4. The number of ether oxygens (including phenoxy) is 2. The third kappa shape index (κ3) is 5.04. The third-order valence-electron chi connectivity index (χ3n) is 5.83. The van der Waals surface area contributed by atoms with Crippen LogP contribution in [-0.4, -0.2) is 32.6 Å². The van der Waals surface area contributed by atoms with Gasteiger partial charge in [0.1, 0.15) is 6.54 Å². The first-order chi connectivity index (χ1) is 16.4. The molecule has 0 fully saturated rings. The summed E-state index contributed by atoms with van der Waals surface area (Å²) in [5.41, 5.74) is 4.51. The van der Waals surface area contributed by atoms with Gasteiger partial charge in [0.15, 0.2) is 11.5 Å². The van der Waals surface area contributed by atoms with Gasteiger partial charge in [0, 0.05) is 22.3 Å². The van der Waals surface area contributed by atoms with Gasteiger partial charge in [0.05, 0.1) is 19.9 Å². The second kappa shape index (κ2) is 10.2. The number of amides is 2. The summed E-state index contributed by atoms with van der Waals surface area (Å²) in [6.07, 6.45) is 0.256. The molecule has 3 aromatic rings. The third-order valence-corrected chi connectivity index (χ3v) is 7.16. The van der Waals surface area contributed by atoms with Crippen LogP contribution in [0.5, 0.6) is 11.5 Å². The van der Waals surface area contributed by atoms with Crippen molar-refractivity contribution < 1.29 is 19.1 Å². The molecular weight excluding hydrogens is 448 g/mol. The van der Waals surface area contributed by atoms with E-state index in [-0.39, 0.29) is 30.0 Å². The van der Waals surface area contributed by atoms with Crippen LogP contribution in [0.3, 0.4) is 0 Å². The average Bonchev–Trinajstić information content (AvgIpc) is 2.97. The van der Waals surface area contributed by atoms with Crippen molar-refractivity contribution in [2.24, 2.45) is 0 Å². The Labute approximate surface area is 204 Å². The van der Waals surface area contributed by atoms with Crippen LogP contribution in [0, 0.1) is 13.8 Å². The molecule has 1 aliphatic rings. The molecule has 176 valence electrons. The van der Waals surface area contributed by atoms with Crippen molar-refractivity contribution in [1.82, 2.24) is 0 Å². The van der Waals surface area contributed by atoms with Gasteiger partial charge < -0.3 is 19.7 Å². The second-order valence-electron chi connectivity index (χ2n) is 8.24. The topological polar surface area (TPSA) is 67.9 Å². The molecule has 1 atom stereocenters. The minimum absolute atomic E-state index is 0.0531. The molecule has 0 unspecified atom stereocenters. The Morgan fingerprint density at radius 3 is 2.56 bits per heavy atom. The number of aryl methyl sites for hydroxylation is 2. The van der Waals surface area contributed by atoms with Gasteiger partial charge in [0.25, 0.3) is 0 Å². The number of methoxy groups -OCH3 is 2. The predicted octanol–water partition coefficient (Wildman–Crippen LogP) is 5.53. The maximum atomic E-state index is 13.4. The van der Waals surface area contributed by atoms with Crippen molar-refractivity contribution in [1.29, 1.82) is 0 Å². The number of fused-ring (bicyclic) bond motifs is 1. The van der Waals surface area contributed by atoms with Gasteiger partial charge in [0.2, 0.25) is 11.8 Å². The zero-order chi connectivity index (χ0) is 24.2. The molecule has 1 aliphatic heterocycles. The highest BCUT2D eigenvalue weighted by molar-refractivity contribution is 7.99. The maximum absolute atomic E-state index is 13.4. The van der Waals surface area contributed by atoms with E-state index >= 15 is 0 Å². The lowest BCUT2D eigenvalue weighted by Crippen LogP contribution is -2.38. The van der Waals surface area contributed by atoms with E-state index in [2.05, 4.69) is 5.32 Å². The van der Waals surface area contributed by atoms with E-state index in [9.17, 15) is 9.59 Å². The smallest absolute Gasteiger partial charge is 0.244 e. The Balaban J connectivity index is 1.60. The zero-order valence-electron chi connectivity index (χ0n) is 19.8. The summed E-state index contributed by atoms with van der Waals surface area (Å²) in [5, 5.41) is 2.85. The van der Waals surface area contributed by atoms with Gasteiger partial charge in [-0.15, -0.1) is 11.8 Å². The van der Waals surface area contributed by atoms with Crippen molar-refractivity contribution in [3.63, 3.8) is 0 Å². The van der Waals surface area contributed by atoms with Crippen molar-refractivity contribution in [2.75, 3.05) is 31.0 Å². The molecule has 1 N–H and O–H groups in total. The van der Waals surface area contributed by atoms with E-state index in [4.69, 9.17) is 9.47 Å². The van der Waals surface area contributed by atoms with Gasteiger partial charge in [-0.05, 0) is 60.9 Å². The van der Waals surface area contributed by atoms with Crippen molar-refractivity contribution in [3.05, 3.63) is 77.4 Å². The lowest BCUT2D eigenvalue weighted by molar-refractivity contribution is -0.121. The molecular formula is C27H28N2O4S. The highest BCUT2D eigenvalue weighted by atomic mass is 32.2. The Kier molecular flexibility index (Phi) is 7.12. The monoisotopic (exact) mass is 476 g/mol. The molecule has 3 aromatic carbocycles. The number of carbonyl (C=O) groups excluding carboxylic acids is 2. The normalized spacial score (nSPS) is 15.4. The molecule has 0 spiro atoms. The SMILES string of the molecule is COc1ccc([C@H]2CC(=O)N(CC(=O)Nc3cc(C)ccc3C)c3ccccc3S2)cc1OC. The van der Waals surface area contributed by atoms with Crippen LogP contribution in [0.2, 0.25) is 0 Å². The first-order valence-corrected chi connectivity index (χ1v) is 11.9. The predicted molar refractivity (Wildman–Crippen MR) is 136 cm³/mol. The number of anilines is 2. The number of carbonyl (C=O) groups is 2. The van der Waals surface area contributed by atoms with Crippen LogP contribution < -0.4 is 19.7 Å². The minimum Gasteiger partial charge on any atom is -0.493 e. The van der Waals surface area contributed by atoms with Gasteiger partial charge in [-0.25, -0.2) is 0 Å². The number of thioether (sulfide) groups is 1. The molecule has 1 heterocycles. The van der Waals surface area contributed by atoms with Crippen molar-refractivity contribution in [2.45, 2.75) is 30.4 Å². The molecule has 34 heavy (non-hydrogen) atoms. The number of nitrogens with zero attached hydrogens (tertiary/aromatic N) is 1. The first-order valence-electron chi connectivity index (χ1n) is 11.0. The van der Waals surface area contributed by atoms with E-state index in [0.717, 1.165) is 33.0 Å². The van der Waals surface area contributed by atoms with Crippen molar-refractivity contribution in [3.8, 4) is 11.5 Å². The molecule has 0 radical (unpaired) electrons. The molecule has 6 nitrogen and oxygen atoms in total. The Morgan fingerprint density at radius 1 is 1.03 bits per heavy atom. The molecule has 4 rings (SSSR count). The fourth-order valence-corrected chi connectivity index (χ4v) is 5.27. The van der Waals surface area contributed by atoms with E-state index in [1.165, 1.54) is 0 Å². The van der Waals surface area contributed by atoms with Gasteiger partial charge in [-0.2, -0.15) is 0 Å². The number of hydrogen-bond donors (Lipinski definition) is 1. The highest BCUT2D eigenvalue weighted by Crippen LogP contribution is 2.46. The van der Waals surface area contributed by atoms with Crippen LogP contribution in [0.15, 0.2) is 65.6 Å². The molecule has 0 aromatic heterocycles. The number of benzene rings is 3. The largest absolute Gasteiger partial charge is 0.493 e. The fraction of sp³-hybridized carbons (Fsp3) is 0.259. The van der Waals surface area contributed by atoms with Crippen LogP contribution in [0.25, 0.3) is 0 Å². The van der Waals surface area contributed by atoms with Gasteiger partial charge >= 0.3 is 0 Å². The Bertz CT molecular complexity index is 1230. The van der Waals surface area contributed by atoms with E-state index in [1.807, 2.05) is 74.5 Å². The summed E-state index contributed by atoms with van der Waals surface area (Å²) in [7, 11) is 3.19. The number of hydrogen-bond acceptors (Lipinski definition) is 5. The standard InChI is InChI=1S/C27H28N2O4S/c1-17-9-10-18(2)20(13-17)28-26(30)16-29-21-7-5-6-8-24(21)34-25(15-27(29)31)19-11-12-22(32-3)23(14-19)33-4/h5-14,25H,15-16H2,1-4H3,(H,28,30)/t25-/m1/s1. The van der Waals surface area contributed by atoms with Crippen LogP contribution in [0.4, 0.5) is 11.4 Å². The summed E-state index contributed by atoms with van der Waals surface area (Å²) < 4.78 is 10.8. The molecule has 0 saturated carbocycles. The van der Waals surface area contributed by atoms with Crippen LogP contribution >= 0.6 is 11.8 Å². The lowest BCUT2D eigenvalue weighted by Gasteiger charge is -2.22. The number of rotatable bonds is 6. The quantitative estimate of drug-likeness (QED) is 0.507. The van der Waals surface area contributed by atoms with Gasteiger partial charge in [-0.3, -0.25) is 9.59 Å². The lowest BCUT2D eigenvalue weighted by atomic mass is 10.1. The maximum Gasteiger partial charge on any atom is 0.244 e. The summed E-state index contributed by atoms with van der Waals surface area (Å²) in [6.45, 7) is 3.88. The van der Waals surface area contributed by atoms with E-state index in [1.54, 1.807) is 30.9 Å². The van der Waals surface area contributed by atoms with Crippen LogP contribution in [-0.2, 0) is 9.59 Å². The zero-order valence-corrected chi connectivity index (χ0v) is 20.6. The fourth-order valence-electron chi connectivity index (χ4n) is 3.99. The molecule has 0 bridgehead atoms. The Hall–Kier alpha value is -3.45. The minimum atomic E-state index is -0.230. The summed E-state index contributed by atoms with van der Waals surface area (Å²) in [4.78, 5) is 28.9. The molecule has 2 amide bonds. The number of nitrogens with one attached hydrogen (secondary N) is 1. The number of para-hydroxylation sites is 1. The average molecular weight is 477 g/mol. The van der Waals surface area contributed by atoms with Crippen molar-refractivity contribution >= 4 is 35.0 Å². The Morgan fingerprint density at radius 2 is 1.79 bits per heavy atom. The molecule has 0 saturated heterocycles.